The van der Waals surface area contributed by atoms with E-state index in [1.54, 1.807) is 6.07 Å². The van der Waals surface area contributed by atoms with Crippen LogP contribution in [0.4, 0.5) is 14.5 Å². The summed E-state index contributed by atoms with van der Waals surface area (Å²) in [7, 11) is 0. The van der Waals surface area contributed by atoms with Crippen molar-refractivity contribution in [1.82, 2.24) is 0 Å². The Kier molecular flexibility index (Phi) is 3.58. The largest absolute Gasteiger partial charge is 0.375 e. The second kappa shape index (κ2) is 5.50. The average molecular weight is 352 g/mol. The second-order valence-corrected chi connectivity index (χ2v) is 6.82. The summed E-state index contributed by atoms with van der Waals surface area (Å²) in [5.41, 5.74) is 2.00. The van der Waals surface area contributed by atoms with Gasteiger partial charge in [-0.1, -0.05) is 41.4 Å². The Balaban J connectivity index is 1.82. The SMILES string of the molecule is Fc1cc(F)c2c(c1)[C@@H]1C=CC[C@@H]1[C@@H](c1ccc(Cl)c(Cl)c1)N2. The molecule has 1 nitrogen and oxygen atoms in total. The molecule has 2 aromatic rings. The van der Waals surface area contributed by atoms with E-state index in [2.05, 4.69) is 11.4 Å². The molecule has 0 saturated heterocycles. The van der Waals surface area contributed by atoms with Crippen LogP contribution in [0.1, 0.15) is 29.5 Å². The highest BCUT2D eigenvalue weighted by Gasteiger charge is 2.39. The predicted octanol–water partition coefficient (Wildman–Crippen LogP) is 6.10. The lowest BCUT2D eigenvalue weighted by Gasteiger charge is -2.37. The molecule has 0 bridgehead atoms. The highest BCUT2D eigenvalue weighted by atomic mass is 35.5. The minimum Gasteiger partial charge on any atom is -0.375 e. The molecular formula is C18H13Cl2F2N. The maximum Gasteiger partial charge on any atom is 0.149 e. The first-order chi connectivity index (χ1) is 11.0. The Bertz CT molecular complexity index is 819. The summed E-state index contributed by atoms with van der Waals surface area (Å²) in [6.07, 6.45) is 4.95. The molecule has 0 spiro atoms. The van der Waals surface area contributed by atoms with Gasteiger partial charge in [-0.3, -0.25) is 0 Å². The van der Waals surface area contributed by atoms with E-state index >= 15 is 0 Å². The van der Waals surface area contributed by atoms with E-state index in [9.17, 15) is 8.78 Å². The van der Waals surface area contributed by atoms with Gasteiger partial charge in [-0.2, -0.15) is 0 Å². The van der Waals surface area contributed by atoms with Gasteiger partial charge in [0.05, 0.1) is 21.8 Å². The molecule has 23 heavy (non-hydrogen) atoms. The number of hydrogen-bond donors (Lipinski definition) is 1. The first-order valence-corrected chi connectivity index (χ1v) is 8.17. The van der Waals surface area contributed by atoms with Crippen molar-refractivity contribution in [3.8, 4) is 0 Å². The van der Waals surface area contributed by atoms with Gasteiger partial charge in [-0.15, -0.1) is 0 Å². The summed E-state index contributed by atoms with van der Waals surface area (Å²) in [6.45, 7) is 0. The molecular weight excluding hydrogens is 339 g/mol. The highest BCUT2D eigenvalue weighted by molar-refractivity contribution is 6.42. The number of hydrogen-bond acceptors (Lipinski definition) is 1. The van der Waals surface area contributed by atoms with Crippen LogP contribution in [0.2, 0.25) is 10.0 Å². The number of allylic oxidation sites excluding steroid dienone is 2. The van der Waals surface area contributed by atoms with E-state index in [0.717, 1.165) is 18.1 Å². The molecule has 0 saturated carbocycles. The number of benzene rings is 2. The smallest absolute Gasteiger partial charge is 0.149 e. The minimum absolute atomic E-state index is 0.00379. The van der Waals surface area contributed by atoms with Crippen LogP contribution in [0, 0.1) is 17.6 Å². The molecule has 5 heteroatoms. The van der Waals surface area contributed by atoms with Crippen molar-refractivity contribution >= 4 is 28.9 Å². The summed E-state index contributed by atoms with van der Waals surface area (Å²) in [5, 5.41) is 4.20. The maximum absolute atomic E-state index is 14.2. The molecule has 1 heterocycles. The van der Waals surface area contributed by atoms with Gasteiger partial charge < -0.3 is 5.32 Å². The van der Waals surface area contributed by atoms with Gasteiger partial charge in [-0.25, -0.2) is 8.78 Å². The third-order valence-corrected chi connectivity index (χ3v) is 5.43. The molecule has 118 valence electrons. The van der Waals surface area contributed by atoms with E-state index in [0.29, 0.717) is 21.3 Å². The molecule has 0 amide bonds. The van der Waals surface area contributed by atoms with Crippen LogP contribution in [0.15, 0.2) is 42.5 Å². The quantitative estimate of drug-likeness (QED) is 0.612. The topological polar surface area (TPSA) is 12.0 Å². The number of nitrogens with one attached hydrogen (secondary N) is 1. The Morgan fingerprint density at radius 1 is 1.04 bits per heavy atom. The lowest BCUT2D eigenvalue weighted by Crippen LogP contribution is -2.29. The maximum atomic E-state index is 14.2. The molecule has 3 atom stereocenters. The lowest BCUT2D eigenvalue weighted by molar-refractivity contribution is 0.418. The van der Waals surface area contributed by atoms with E-state index in [1.165, 1.54) is 6.07 Å². The van der Waals surface area contributed by atoms with Gasteiger partial charge in [0.2, 0.25) is 0 Å². The predicted molar refractivity (Wildman–Crippen MR) is 89.2 cm³/mol. The molecule has 2 aliphatic rings. The lowest BCUT2D eigenvalue weighted by atomic mass is 9.77. The third kappa shape index (κ3) is 2.43. The molecule has 0 aromatic heterocycles. The van der Waals surface area contributed by atoms with Gasteiger partial charge in [-0.05, 0) is 41.7 Å². The van der Waals surface area contributed by atoms with Crippen molar-refractivity contribution < 1.29 is 8.78 Å². The van der Waals surface area contributed by atoms with Crippen LogP contribution in [0.5, 0.6) is 0 Å². The van der Waals surface area contributed by atoms with Gasteiger partial charge in [0, 0.05) is 12.0 Å². The molecule has 0 fully saturated rings. The summed E-state index contributed by atoms with van der Waals surface area (Å²) in [6, 6.07) is 7.68. The van der Waals surface area contributed by atoms with Crippen molar-refractivity contribution in [3.05, 3.63) is 75.3 Å². The van der Waals surface area contributed by atoms with Gasteiger partial charge in [0.1, 0.15) is 11.6 Å². The molecule has 1 N–H and O–H groups in total. The zero-order valence-corrected chi connectivity index (χ0v) is 13.5. The van der Waals surface area contributed by atoms with Crippen molar-refractivity contribution in [2.75, 3.05) is 5.32 Å². The third-order valence-electron chi connectivity index (χ3n) is 4.69. The highest BCUT2D eigenvalue weighted by Crippen LogP contribution is 2.50. The number of anilines is 1. The first kappa shape index (κ1) is 15.0. The Hall–Kier alpha value is -1.58. The van der Waals surface area contributed by atoms with E-state index < -0.39 is 11.6 Å². The van der Waals surface area contributed by atoms with E-state index in [1.807, 2.05) is 18.2 Å². The molecule has 4 rings (SSSR count). The fourth-order valence-corrected chi connectivity index (χ4v) is 3.96. The van der Waals surface area contributed by atoms with Crippen molar-refractivity contribution in [2.45, 2.75) is 18.4 Å². The first-order valence-electron chi connectivity index (χ1n) is 7.41. The van der Waals surface area contributed by atoms with Crippen LogP contribution in [-0.4, -0.2) is 0 Å². The van der Waals surface area contributed by atoms with Crippen molar-refractivity contribution in [3.63, 3.8) is 0 Å². The average Bonchev–Trinajstić information content (AvgIpc) is 2.99. The second-order valence-electron chi connectivity index (χ2n) is 6.00. The summed E-state index contributed by atoms with van der Waals surface area (Å²) >= 11 is 12.1. The number of fused-ring (bicyclic) bond motifs is 3. The molecule has 0 radical (unpaired) electrons. The molecule has 1 aliphatic carbocycles. The van der Waals surface area contributed by atoms with Crippen LogP contribution in [-0.2, 0) is 0 Å². The van der Waals surface area contributed by atoms with Crippen LogP contribution < -0.4 is 5.32 Å². The normalized spacial score (nSPS) is 25.0. The molecule has 2 aromatic carbocycles. The molecule has 0 unspecified atom stereocenters. The fraction of sp³-hybridized carbons (Fsp3) is 0.222. The van der Waals surface area contributed by atoms with Crippen LogP contribution >= 0.6 is 23.2 Å². The zero-order valence-electron chi connectivity index (χ0n) is 12.0. The molecule has 1 aliphatic heterocycles. The van der Waals surface area contributed by atoms with Crippen molar-refractivity contribution in [1.29, 1.82) is 0 Å². The van der Waals surface area contributed by atoms with Crippen molar-refractivity contribution in [2.24, 2.45) is 5.92 Å². The number of rotatable bonds is 1. The van der Waals surface area contributed by atoms with Crippen LogP contribution in [0.25, 0.3) is 0 Å². The van der Waals surface area contributed by atoms with Gasteiger partial charge >= 0.3 is 0 Å². The van der Waals surface area contributed by atoms with Crippen LogP contribution in [0.3, 0.4) is 0 Å². The summed E-state index contributed by atoms with van der Waals surface area (Å²) in [5.74, 6) is -0.921. The minimum atomic E-state index is -0.566. The summed E-state index contributed by atoms with van der Waals surface area (Å²) in [4.78, 5) is 0. The Morgan fingerprint density at radius 2 is 1.87 bits per heavy atom. The zero-order chi connectivity index (χ0) is 16.1. The Labute approximate surface area is 142 Å². The van der Waals surface area contributed by atoms with Gasteiger partial charge in [0.15, 0.2) is 0 Å². The fourth-order valence-electron chi connectivity index (χ4n) is 3.66. The summed E-state index contributed by atoms with van der Waals surface area (Å²) < 4.78 is 27.9. The number of halogens is 4. The van der Waals surface area contributed by atoms with E-state index in [-0.39, 0.29) is 17.9 Å². The van der Waals surface area contributed by atoms with Gasteiger partial charge in [0.25, 0.3) is 0 Å². The monoisotopic (exact) mass is 351 g/mol. The van der Waals surface area contributed by atoms with E-state index in [4.69, 9.17) is 23.2 Å². The Morgan fingerprint density at radius 3 is 2.65 bits per heavy atom. The standard InChI is InChI=1S/C18H13Cl2F2N/c19-14-5-4-9(6-15(14)20)17-12-3-1-2-11(12)13-7-10(21)8-16(22)18(13)23-17/h1-2,4-8,11-12,17,23H,3H2/t11-,12+,17-/m1/s1.